The van der Waals surface area contributed by atoms with Crippen LogP contribution in [-0.4, -0.2) is 34.6 Å². The van der Waals surface area contributed by atoms with Crippen LogP contribution >= 0.6 is 0 Å². The van der Waals surface area contributed by atoms with Crippen molar-refractivity contribution in [3.05, 3.63) is 41.5 Å². The molecule has 0 aromatic heterocycles. The van der Waals surface area contributed by atoms with E-state index < -0.39 is 10.0 Å². The van der Waals surface area contributed by atoms with Gasteiger partial charge in [-0.15, -0.1) is 0 Å². The topological polar surface area (TPSA) is 84.5 Å². The molecule has 128 valence electrons. The number of amides is 1. The van der Waals surface area contributed by atoms with E-state index in [0.717, 1.165) is 12.0 Å². The van der Waals surface area contributed by atoms with Gasteiger partial charge in [-0.05, 0) is 31.0 Å². The first-order chi connectivity index (χ1) is 10.9. The van der Waals surface area contributed by atoms with Gasteiger partial charge in [0.2, 0.25) is 15.9 Å². The number of rotatable bonds is 9. The highest BCUT2D eigenvalue weighted by Crippen LogP contribution is 2.10. The number of sulfonamides is 1. The number of benzene rings is 1. The molecule has 0 radical (unpaired) electrons. The fourth-order valence-corrected chi connectivity index (χ4v) is 2.88. The third-order valence-electron chi connectivity index (χ3n) is 3.15. The summed E-state index contributed by atoms with van der Waals surface area (Å²) >= 11 is 0. The fraction of sp³-hybridized carbons (Fsp3) is 0.438. The third kappa shape index (κ3) is 6.52. The number of allylic oxidation sites excluding steroid dienone is 1. The van der Waals surface area contributed by atoms with Crippen molar-refractivity contribution in [3.8, 4) is 0 Å². The molecule has 0 bridgehead atoms. The monoisotopic (exact) mass is 340 g/mol. The van der Waals surface area contributed by atoms with E-state index in [1.165, 1.54) is 19.2 Å². The van der Waals surface area contributed by atoms with Crippen LogP contribution in [0.25, 0.3) is 0 Å². The van der Waals surface area contributed by atoms with Crippen LogP contribution in [0, 0.1) is 0 Å². The summed E-state index contributed by atoms with van der Waals surface area (Å²) in [6.07, 6.45) is 2.67. The summed E-state index contributed by atoms with van der Waals surface area (Å²) in [5.41, 5.74) is 1.51. The van der Waals surface area contributed by atoms with Gasteiger partial charge in [-0.1, -0.05) is 25.1 Å². The van der Waals surface area contributed by atoms with Crippen molar-refractivity contribution in [2.24, 2.45) is 0 Å². The summed E-state index contributed by atoms with van der Waals surface area (Å²) in [6.45, 7) is 4.62. The van der Waals surface area contributed by atoms with E-state index in [-0.39, 0.29) is 17.3 Å². The summed E-state index contributed by atoms with van der Waals surface area (Å²) in [6, 6.07) is 6.41. The Morgan fingerprint density at radius 2 is 1.91 bits per heavy atom. The van der Waals surface area contributed by atoms with Gasteiger partial charge in [-0.3, -0.25) is 4.79 Å². The van der Waals surface area contributed by atoms with Crippen molar-refractivity contribution in [3.63, 3.8) is 0 Å². The smallest absolute Gasteiger partial charge is 0.246 e. The Balaban J connectivity index is 2.63. The Morgan fingerprint density at radius 3 is 2.48 bits per heavy atom. The number of hydrogen-bond acceptors (Lipinski definition) is 4. The zero-order chi connectivity index (χ0) is 17.3. The lowest BCUT2D eigenvalue weighted by Crippen LogP contribution is -2.27. The maximum absolute atomic E-state index is 12.0. The Labute approximate surface area is 138 Å². The van der Waals surface area contributed by atoms with Crippen LogP contribution in [-0.2, 0) is 26.1 Å². The maximum Gasteiger partial charge on any atom is 0.246 e. The van der Waals surface area contributed by atoms with Crippen molar-refractivity contribution in [1.82, 2.24) is 10.0 Å². The quantitative estimate of drug-likeness (QED) is 0.528. The fourth-order valence-electron chi connectivity index (χ4n) is 1.87. The molecule has 1 rings (SSSR count). The lowest BCUT2D eigenvalue weighted by molar-refractivity contribution is -0.117. The van der Waals surface area contributed by atoms with Crippen LogP contribution in [0.2, 0.25) is 0 Å². The molecule has 1 amide bonds. The normalized spacial score (nSPS) is 12.2. The van der Waals surface area contributed by atoms with Crippen LogP contribution in [0.5, 0.6) is 0 Å². The molecule has 0 unspecified atom stereocenters. The highest BCUT2D eigenvalue weighted by molar-refractivity contribution is 7.89. The van der Waals surface area contributed by atoms with Crippen molar-refractivity contribution in [2.45, 2.75) is 31.7 Å². The molecule has 0 heterocycles. The van der Waals surface area contributed by atoms with Crippen molar-refractivity contribution < 1.29 is 17.9 Å². The van der Waals surface area contributed by atoms with E-state index in [1.54, 1.807) is 19.1 Å². The summed E-state index contributed by atoms with van der Waals surface area (Å²) < 4.78 is 31.3. The highest BCUT2D eigenvalue weighted by atomic mass is 32.2. The number of hydrogen-bond donors (Lipinski definition) is 2. The molecule has 0 saturated carbocycles. The average molecular weight is 340 g/mol. The van der Waals surface area contributed by atoms with Gasteiger partial charge >= 0.3 is 0 Å². The first-order valence-electron chi connectivity index (χ1n) is 7.43. The van der Waals surface area contributed by atoms with E-state index in [1.807, 2.05) is 13.0 Å². The molecule has 23 heavy (non-hydrogen) atoms. The number of methoxy groups -OCH3 is 1. The molecule has 0 aliphatic heterocycles. The summed E-state index contributed by atoms with van der Waals surface area (Å²) in [7, 11) is -2.02. The highest BCUT2D eigenvalue weighted by Gasteiger charge is 2.13. The van der Waals surface area contributed by atoms with Gasteiger partial charge in [-0.2, -0.15) is 0 Å². The number of carbonyl (C=O) groups is 1. The molecule has 1 aromatic carbocycles. The molecular weight excluding hydrogens is 316 g/mol. The number of nitrogens with one attached hydrogen (secondary N) is 2. The van der Waals surface area contributed by atoms with E-state index in [9.17, 15) is 13.2 Å². The van der Waals surface area contributed by atoms with Crippen molar-refractivity contribution in [2.75, 3.05) is 20.3 Å². The maximum atomic E-state index is 12.0. The van der Waals surface area contributed by atoms with E-state index in [0.29, 0.717) is 18.7 Å². The second-order valence-electron chi connectivity index (χ2n) is 5.01. The first-order valence-corrected chi connectivity index (χ1v) is 8.91. The molecule has 0 aliphatic carbocycles. The van der Waals surface area contributed by atoms with E-state index in [4.69, 9.17) is 4.74 Å². The van der Waals surface area contributed by atoms with Gasteiger partial charge in [0.15, 0.2) is 0 Å². The Bertz CT molecular complexity index is 637. The minimum absolute atomic E-state index is 0.121. The molecule has 0 atom stereocenters. The van der Waals surface area contributed by atoms with Crippen LogP contribution in [0.15, 0.2) is 40.8 Å². The second-order valence-corrected chi connectivity index (χ2v) is 6.78. The summed E-state index contributed by atoms with van der Waals surface area (Å²) in [5.74, 6) is -0.121. The predicted molar refractivity (Wildman–Crippen MR) is 89.4 cm³/mol. The SMILES string of the molecule is CC/C=C(\C)C(=O)NCc1ccc(S(=O)(=O)NCCOC)cc1. The molecule has 1 aromatic rings. The van der Waals surface area contributed by atoms with Gasteiger partial charge in [0.05, 0.1) is 11.5 Å². The first kappa shape index (κ1) is 19.3. The van der Waals surface area contributed by atoms with Crippen LogP contribution in [0.3, 0.4) is 0 Å². The van der Waals surface area contributed by atoms with Gasteiger partial charge in [0, 0.05) is 25.8 Å². The minimum Gasteiger partial charge on any atom is -0.383 e. The third-order valence-corrected chi connectivity index (χ3v) is 4.63. The summed E-state index contributed by atoms with van der Waals surface area (Å²) in [4.78, 5) is 12.0. The van der Waals surface area contributed by atoms with Gasteiger partial charge in [0.1, 0.15) is 0 Å². The number of ether oxygens (including phenoxy) is 1. The predicted octanol–water partition coefficient (Wildman–Crippen LogP) is 1.58. The Kier molecular flexibility index (Phi) is 7.94. The molecule has 0 saturated heterocycles. The van der Waals surface area contributed by atoms with Crippen LogP contribution in [0.1, 0.15) is 25.8 Å². The molecule has 0 aliphatic rings. The van der Waals surface area contributed by atoms with Gasteiger partial charge in [-0.25, -0.2) is 13.1 Å². The molecule has 2 N–H and O–H groups in total. The summed E-state index contributed by atoms with van der Waals surface area (Å²) in [5, 5.41) is 2.79. The number of carbonyl (C=O) groups excluding carboxylic acids is 1. The zero-order valence-electron chi connectivity index (χ0n) is 13.8. The van der Waals surface area contributed by atoms with Crippen molar-refractivity contribution >= 4 is 15.9 Å². The lowest BCUT2D eigenvalue weighted by Gasteiger charge is -2.08. The minimum atomic E-state index is -3.53. The van der Waals surface area contributed by atoms with E-state index >= 15 is 0 Å². The zero-order valence-corrected chi connectivity index (χ0v) is 14.6. The molecule has 7 heteroatoms. The van der Waals surface area contributed by atoms with Crippen molar-refractivity contribution in [1.29, 1.82) is 0 Å². The largest absolute Gasteiger partial charge is 0.383 e. The molecule has 0 fully saturated rings. The standard InChI is InChI=1S/C16H24N2O4S/c1-4-5-13(2)16(19)17-12-14-6-8-15(9-7-14)23(20,21)18-10-11-22-3/h5-9,18H,4,10-12H2,1-3H3,(H,17,19)/b13-5+. The van der Waals surface area contributed by atoms with Crippen LogP contribution < -0.4 is 10.0 Å². The van der Waals surface area contributed by atoms with Gasteiger partial charge in [0.25, 0.3) is 0 Å². The molecule has 6 nitrogen and oxygen atoms in total. The van der Waals surface area contributed by atoms with Gasteiger partial charge < -0.3 is 10.1 Å². The Morgan fingerprint density at radius 1 is 1.26 bits per heavy atom. The second kappa shape index (κ2) is 9.44. The molecular formula is C16H24N2O4S. The lowest BCUT2D eigenvalue weighted by atomic mass is 10.2. The average Bonchev–Trinajstić information content (AvgIpc) is 2.53. The van der Waals surface area contributed by atoms with E-state index in [2.05, 4.69) is 10.0 Å². The Hall–Kier alpha value is -1.70. The molecule has 0 spiro atoms. The van der Waals surface area contributed by atoms with Crippen LogP contribution in [0.4, 0.5) is 0 Å².